The third-order valence-corrected chi connectivity index (χ3v) is 25.9. The molecule has 27 nitrogen and oxygen atoms in total. The Balaban J connectivity index is 0.000000441. The van der Waals surface area contributed by atoms with Crippen LogP contribution in [0.2, 0.25) is 0 Å². The predicted molar refractivity (Wildman–Crippen MR) is 623 cm³/mol. The molecule has 0 amide bonds. The van der Waals surface area contributed by atoms with Gasteiger partial charge >= 0.3 is 5.97 Å². The van der Waals surface area contributed by atoms with Crippen molar-refractivity contribution in [3.05, 3.63) is 195 Å². The Morgan fingerprint density at radius 3 is 0.927 bits per heavy atom. The van der Waals surface area contributed by atoms with E-state index in [4.69, 9.17) is 64.2 Å². The Kier molecular flexibility index (Phi) is 51.6. The molecule has 0 aliphatic heterocycles. The summed E-state index contributed by atoms with van der Waals surface area (Å²) in [4.78, 5) is 98.9. The van der Waals surface area contributed by atoms with Crippen LogP contribution in [0.3, 0.4) is 0 Å². The second-order valence-electron chi connectivity index (χ2n) is 53.5. The van der Waals surface area contributed by atoms with E-state index in [1.807, 2.05) is 63.1 Å². The number of aryl methyl sites for hydroxylation is 8. The molecular weight excluding hydrogens is 1870 g/mol. The van der Waals surface area contributed by atoms with Crippen LogP contribution < -0.4 is 0 Å². The van der Waals surface area contributed by atoms with E-state index >= 15 is 0 Å². The number of fused-ring (bicyclic) bond motifs is 2. The van der Waals surface area contributed by atoms with Gasteiger partial charge in [0.2, 0.25) is 0 Å². The number of aliphatic hydroxyl groups excluding tert-OH is 1. The van der Waals surface area contributed by atoms with Crippen molar-refractivity contribution < 1.29 is 24.1 Å². The zero-order valence-corrected chi connectivity index (χ0v) is 106. The summed E-state index contributed by atoms with van der Waals surface area (Å²) in [5, 5.41) is 9.16. The SMILES string of the molecule is C=C(Cc1c(C)nc(CN(C)C)nc1C(C)(C)C)OC.CC(=O)OCc1nc(C)c(C(C)C)c(C(C)(C)C)n1.CCN(CC)Cc1nc(C)c(C(C)C)c(C(C)(C)C)n1.CN(C)Cc1nc2c(c(C(C)(C)C)n1)CC(C)(C)CC2.CN(C)Cc1nc2c(c(C(C)(C)C)n1)CC(C)(C)CC2.COCCc1c(C)nc(CN(C)C)nc1C(C)(C)C.Cc1nc(CN(C)C)nc(C(C)(C)C)c1C.Cc1nc(CO)nc(C(C)(C)C)c1C(C)C. The number of aromatic nitrogens is 16. The van der Waals surface area contributed by atoms with Crippen molar-refractivity contribution in [3.8, 4) is 0 Å². The normalized spacial score (nSPS) is 13.7. The third kappa shape index (κ3) is 43.9. The van der Waals surface area contributed by atoms with Gasteiger partial charge in [-0.25, -0.2) is 79.7 Å². The number of nitrogens with zero attached hydrogens (tertiary/aromatic N) is 22. The lowest BCUT2D eigenvalue weighted by atomic mass is 9.73. The molecule has 0 saturated heterocycles. The van der Waals surface area contributed by atoms with Gasteiger partial charge in [0.05, 0.1) is 104 Å². The maximum absolute atomic E-state index is 10.9. The van der Waals surface area contributed by atoms with Crippen LogP contribution in [0.1, 0.15) is 469 Å². The van der Waals surface area contributed by atoms with Gasteiger partial charge in [-0.15, -0.1) is 0 Å². The van der Waals surface area contributed by atoms with Crippen molar-refractivity contribution in [2.45, 2.75) is 470 Å². The first-order valence-corrected chi connectivity index (χ1v) is 54.8. The maximum Gasteiger partial charge on any atom is 0.303 e. The van der Waals surface area contributed by atoms with E-state index in [-0.39, 0.29) is 62.5 Å². The Morgan fingerprint density at radius 1 is 0.360 bits per heavy atom. The minimum atomic E-state index is -0.313. The first-order valence-electron chi connectivity index (χ1n) is 54.8. The Morgan fingerprint density at radius 2 is 0.627 bits per heavy atom. The van der Waals surface area contributed by atoms with Crippen molar-refractivity contribution in [3.63, 3.8) is 0 Å². The second-order valence-corrected chi connectivity index (χ2v) is 53.5. The van der Waals surface area contributed by atoms with Gasteiger partial charge in [-0.05, 0) is 245 Å². The minimum absolute atomic E-state index is 0.0166. The van der Waals surface area contributed by atoms with Crippen LogP contribution in [0.4, 0.5) is 0 Å². The molecule has 0 spiro atoms. The molecule has 2 aliphatic rings. The summed E-state index contributed by atoms with van der Waals surface area (Å²) in [5.41, 5.74) is 29.2. The standard InChI is InChI=1S/2C17H29N3.C17H31N3.C16H27N3O.C15H27N3O.C15H24N2O2.C13H23N3.C13H22N2O/c2*1-16(2,3)15-12-10-17(4,5)9-8-13(12)18-14(19-15)11-20(6)7;1-9-20(10-2)11-14-18-13(5)15(12(3)4)16(19-14)17(6,7)8;1-11(20-8)9-13-12(2)17-14(10-19(6)7)18-15(13)16(3,4)5;1-11-12(8-9-19-7)14(15(2,3)4)17-13(16-11)10-18(5)6;1-9(2)13-10(3)16-12(8-19-11(4)18)17-14(13)15(5,6)7;1-9-10(2)14-11(8-16(6)7)15-12(9)13(3,4)5;1-8(2)11-9(3)14-10(7-16)15-12(11)13(4,5)6/h2*8-11H2,1-7H3;12H,9-11H2,1-8H3;1,9-10H2,2-8H3;8-10H2,1-7H3;9H,8H2,1-7H3;8H2,1-7H3;8,16H,7H2,1-6H3. The van der Waals surface area contributed by atoms with Crippen LogP contribution >= 0.6 is 0 Å². The monoisotopic (exact) mass is 2080 g/mol. The zero-order valence-electron chi connectivity index (χ0n) is 106. The van der Waals surface area contributed by atoms with Gasteiger partial charge < -0.3 is 43.8 Å². The number of esters is 1. The first-order chi connectivity index (χ1) is 68.4. The van der Waals surface area contributed by atoms with Crippen LogP contribution in [0, 0.1) is 59.3 Å². The summed E-state index contributed by atoms with van der Waals surface area (Å²) in [7, 11) is 23.9. The maximum atomic E-state index is 10.9. The molecule has 1 N–H and O–H groups in total. The van der Waals surface area contributed by atoms with Crippen LogP contribution in [0.15, 0.2) is 12.3 Å². The molecule has 0 saturated carbocycles. The van der Waals surface area contributed by atoms with Gasteiger partial charge in [0.25, 0.3) is 0 Å². The zero-order chi connectivity index (χ0) is 116. The molecule has 0 atom stereocenters. The number of allylic oxidation sites excluding steroid dienone is 1. The number of ether oxygens (including phenoxy) is 3. The highest BCUT2D eigenvalue weighted by Gasteiger charge is 2.37. The lowest BCUT2D eigenvalue weighted by Gasteiger charge is -2.34. The van der Waals surface area contributed by atoms with Crippen molar-refractivity contribution >= 4 is 5.97 Å². The molecule has 0 radical (unpaired) electrons. The first kappa shape index (κ1) is 135. The molecule has 0 aromatic carbocycles. The number of rotatable bonds is 26. The van der Waals surface area contributed by atoms with E-state index in [1.54, 1.807) is 14.2 Å². The van der Waals surface area contributed by atoms with E-state index in [0.29, 0.717) is 53.3 Å². The minimum Gasteiger partial charge on any atom is -0.501 e. The average molecular weight is 2080 g/mol. The molecule has 8 aromatic heterocycles. The van der Waals surface area contributed by atoms with Gasteiger partial charge in [0, 0.05) is 115 Å². The number of methoxy groups -OCH3 is 2. The van der Waals surface area contributed by atoms with Gasteiger partial charge in [-0.1, -0.05) is 256 Å². The summed E-state index contributed by atoms with van der Waals surface area (Å²) in [6.45, 7) is 107. The van der Waals surface area contributed by atoms with E-state index < -0.39 is 0 Å². The molecule has 0 unspecified atom stereocenters. The summed E-state index contributed by atoms with van der Waals surface area (Å²) in [5.74, 6) is 8.33. The van der Waals surface area contributed by atoms with Crippen LogP contribution in [-0.2, 0) is 153 Å². The number of hydrogen-bond acceptors (Lipinski definition) is 27. The Labute approximate surface area is 913 Å². The summed E-state index contributed by atoms with van der Waals surface area (Å²) < 4.78 is 15.4. The van der Waals surface area contributed by atoms with E-state index in [9.17, 15) is 4.79 Å². The highest BCUT2D eigenvalue weighted by atomic mass is 16.5. The van der Waals surface area contributed by atoms with Gasteiger partial charge in [0.1, 0.15) is 41.6 Å². The van der Waals surface area contributed by atoms with Crippen LogP contribution in [0.5, 0.6) is 0 Å². The summed E-state index contributed by atoms with van der Waals surface area (Å²) >= 11 is 0. The third-order valence-electron chi connectivity index (χ3n) is 25.9. The second kappa shape index (κ2) is 57.1. The number of carbonyl (C=O) groups is 1. The topological polar surface area (TPSA) is 291 Å². The highest BCUT2D eigenvalue weighted by Crippen LogP contribution is 2.43. The van der Waals surface area contributed by atoms with E-state index in [1.165, 1.54) is 87.2 Å². The molecule has 8 heterocycles. The lowest BCUT2D eigenvalue weighted by molar-refractivity contribution is -0.142. The van der Waals surface area contributed by atoms with Gasteiger partial charge in [-0.2, -0.15) is 0 Å². The van der Waals surface area contributed by atoms with Crippen LogP contribution in [-0.4, -0.2) is 225 Å². The molecule has 844 valence electrons. The predicted octanol–water partition coefficient (Wildman–Crippen LogP) is 24.3. The molecular formula is C123H212N22O5. The molecule has 2 aliphatic carbocycles. The average Bonchev–Trinajstić information content (AvgIpc) is 0.766. The molecule has 150 heavy (non-hydrogen) atoms. The van der Waals surface area contributed by atoms with E-state index in [2.05, 4.69) is 376 Å². The molecule has 0 bridgehead atoms. The fourth-order valence-electron chi connectivity index (χ4n) is 18.7. The molecule has 10 rings (SSSR count). The fourth-order valence-corrected chi connectivity index (χ4v) is 18.7. The van der Waals surface area contributed by atoms with Crippen molar-refractivity contribution in [2.24, 2.45) is 10.8 Å². The number of hydrogen-bond donors (Lipinski definition) is 1. The van der Waals surface area contributed by atoms with Crippen molar-refractivity contribution in [2.75, 3.05) is 104 Å². The number of carbonyl (C=O) groups excluding carboxylic acids is 1. The number of aliphatic hydroxyl groups is 1. The fraction of sp³-hybridized carbons (Fsp3) is 0.715. The molecule has 8 aromatic rings. The van der Waals surface area contributed by atoms with Crippen molar-refractivity contribution in [1.82, 2.24) is 109 Å². The smallest absolute Gasteiger partial charge is 0.303 e. The quantitative estimate of drug-likeness (QED) is 0.0389. The molecule has 0 fully saturated rings. The van der Waals surface area contributed by atoms with Gasteiger partial charge in [0.15, 0.2) is 18.3 Å². The molecule has 27 heteroatoms. The van der Waals surface area contributed by atoms with E-state index in [0.717, 1.165) is 193 Å². The summed E-state index contributed by atoms with van der Waals surface area (Å²) in [6.07, 6.45) is 8.38. The largest absolute Gasteiger partial charge is 0.501 e. The Hall–Kier alpha value is -8.67. The Bertz CT molecular complexity index is 5540. The van der Waals surface area contributed by atoms with Gasteiger partial charge in [-0.3, -0.25) is 9.69 Å². The lowest BCUT2D eigenvalue weighted by Crippen LogP contribution is -2.30. The van der Waals surface area contributed by atoms with Crippen LogP contribution in [0.25, 0.3) is 0 Å². The summed E-state index contributed by atoms with van der Waals surface area (Å²) in [6, 6.07) is 0. The highest BCUT2D eigenvalue weighted by molar-refractivity contribution is 5.65. The van der Waals surface area contributed by atoms with Crippen molar-refractivity contribution in [1.29, 1.82) is 0 Å².